The second kappa shape index (κ2) is 9.09. The first-order valence-corrected chi connectivity index (χ1v) is 9.83. The largest absolute Gasteiger partial charge is 0.573 e. The molecule has 13 heteroatoms. The van der Waals surface area contributed by atoms with Crippen LogP contribution in [0.3, 0.4) is 0 Å². The number of fused-ring (bicyclic) bond motifs is 1. The van der Waals surface area contributed by atoms with E-state index in [1.807, 2.05) is 0 Å². The second-order valence-electron chi connectivity index (χ2n) is 7.26. The van der Waals surface area contributed by atoms with E-state index in [4.69, 9.17) is 4.74 Å². The summed E-state index contributed by atoms with van der Waals surface area (Å²) in [7, 11) is 3.13. The molecule has 1 aromatic carbocycles. The van der Waals surface area contributed by atoms with Gasteiger partial charge in [-0.25, -0.2) is 13.9 Å². The number of carbonyl (C=O) groups is 1. The molecular weight excluding hydrogens is 460 g/mol. The number of amides is 1. The normalized spacial score (nSPS) is 12.6. The number of aryl methyl sites for hydroxylation is 1. The lowest BCUT2D eigenvalue weighted by atomic mass is 10.1. The minimum atomic E-state index is -5.03. The van der Waals surface area contributed by atoms with Crippen LogP contribution < -0.4 is 10.1 Å². The molecular formula is C21H18F4N6O3. The fourth-order valence-corrected chi connectivity index (χ4v) is 3.31. The molecule has 34 heavy (non-hydrogen) atoms. The molecule has 1 atom stereocenters. The lowest BCUT2D eigenvalue weighted by Crippen LogP contribution is -2.31. The summed E-state index contributed by atoms with van der Waals surface area (Å²) in [4.78, 5) is 17.5. The van der Waals surface area contributed by atoms with Crippen molar-refractivity contribution in [3.05, 3.63) is 66.0 Å². The van der Waals surface area contributed by atoms with E-state index < -0.39 is 29.9 Å². The van der Waals surface area contributed by atoms with Gasteiger partial charge < -0.3 is 14.8 Å². The molecule has 4 rings (SSSR count). The van der Waals surface area contributed by atoms with Gasteiger partial charge in [0.1, 0.15) is 5.56 Å². The van der Waals surface area contributed by atoms with Crippen LogP contribution in [0.4, 0.5) is 17.6 Å². The van der Waals surface area contributed by atoms with Gasteiger partial charge >= 0.3 is 6.36 Å². The zero-order valence-electron chi connectivity index (χ0n) is 17.9. The summed E-state index contributed by atoms with van der Waals surface area (Å²) in [6.07, 6.45) is 1.33. The molecule has 0 aliphatic heterocycles. The van der Waals surface area contributed by atoms with Crippen LogP contribution >= 0.6 is 0 Å². The molecule has 1 unspecified atom stereocenters. The van der Waals surface area contributed by atoms with Gasteiger partial charge in [0.25, 0.3) is 5.91 Å². The highest BCUT2D eigenvalue weighted by Crippen LogP contribution is 2.28. The second-order valence-corrected chi connectivity index (χ2v) is 7.26. The summed E-state index contributed by atoms with van der Waals surface area (Å²) in [6, 6.07) is 3.75. The van der Waals surface area contributed by atoms with E-state index in [2.05, 4.69) is 25.2 Å². The molecule has 0 aliphatic rings. The highest BCUT2D eigenvalue weighted by atomic mass is 19.4. The number of aromatic nitrogens is 5. The van der Waals surface area contributed by atoms with E-state index in [1.54, 1.807) is 36.4 Å². The molecule has 0 bridgehead atoms. The van der Waals surface area contributed by atoms with Crippen LogP contribution in [-0.4, -0.2) is 50.4 Å². The molecule has 0 fully saturated rings. The van der Waals surface area contributed by atoms with Crippen LogP contribution in [0.5, 0.6) is 5.75 Å². The van der Waals surface area contributed by atoms with Crippen LogP contribution in [0, 0.1) is 5.82 Å². The maximum absolute atomic E-state index is 14.2. The third-order valence-corrected chi connectivity index (χ3v) is 4.84. The van der Waals surface area contributed by atoms with Crippen molar-refractivity contribution < 1.29 is 31.8 Å². The van der Waals surface area contributed by atoms with Crippen molar-refractivity contribution in [1.29, 1.82) is 0 Å². The van der Waals surface area contributed by atoms with Gasteiger partial charge in [-0.15, -0.1) is 13.2 Å². The van der Waals surface area contributed by atoms with Crippen molar-refractivity contribution in [1.82, 2.24) is 29.7 Å². The number of methoxy groups -OCH3 is 1. The Morgan fingerprint density at radius 3 is 2.65 bits per heavy atom. The molecule has 0 spiro atoms. The number of benzene rings is 1. The van der Waals surface area contributed by atoms with Crippen LogP contribution in [0.1, 0.15) is 22.0 Å². The number of hydrogen-bond donors (Lipinski definition) is 1. The molecule has 0 radical (unpaired) electrons. The molecule has 0 saturated carbocycles. The summed E-state index contributed by atoms with van der Waals surface area (Å²) in [6.45, 7) is -0.0712. The molecule has 3 aromatic heterocycles. The summed E-state index contributed by atoms with van der Waals surface area (Å²) in [5.74, 6) is -2.79. The highest BCUT2D eigenvalue weighted by molar-refractivity contribution is 6.00. The van der Waals surface area contributed by atoms with E-state index in [-0.39, 0.29) is 23.4 Å². The number of carbonyl (C=O) groups excluding carboxylic acids is 1. The van der Waals surface area contributed by atoms with E-state index in [9.17, 15) is 22.4 Å². The van der Waals surface area contributed by atoms with Gasteiger partial charge in [0.2, 0.25) is 0 Å². The first kappa shape index (κ1) is 23.2. The van der Waals surface area contributed by atoms with Crippen molar-refractivity contribution in [3.8, 4) is 17.0 Å². The Labute approximate surface area is 189 Å². The third kappa shape index (κ3) is 4.98. The Balaban J connectivity index is 1.60. The fourth-order valence-electron chi connectivity index (χ4n) is 3.31. The topological polar surface area (TPSA) is 95.6 Å². The van der Waals surface area contributed by atoms with Crippen LogP contribution in [0.15, 0.2) is 49.1 Å². The van der Waals surface area contributed by atoms with Gasteiger partial charge in [0, 0.05) is 32.1 Å². The molecule has 4 aromatic rings. The fraction of sp³-hybridized carbons (Fsp3) is 0.238. The van der Waals surface area contributed by atoms with Crippen molar-refractivity contribution in [2.75, 3.05) is 13.7 Å². The van der Waals surface area contributed by atoms with Crippen LogP contribution in [0.25, 0.3) is 16.9 Å². The average molecular weight is 478 g/mol. The van der Waals surface area contributed by atoms with E-state index in [0.29, 0.717) is 5.69 Å². The number of alkyl halides is 3. The predicted molar refractivity (Wildman–Crippen MR) is 110 cm³/mol. The number of rotatable bonds is 7. The Bertz CT molecular complexity index is 1330. The zero-order chi connectivity index (χ0) is 24.5. The Kier molecular flexibility index (Phi) is 6.20. The van der Waals surface area contributed by atoms with E-state index in [0.717, 1.165) is 17.7 Å². The molecule has 0 aliphatic carbocycles. The first-order chi connectivity index (χ1) is 16.1. The lowest BCUT2D eigenvalue weighted by Gasteiger charge is -2.19. The predicted octanol–water partition coefficient (Wildman–Crippen LogP) is 3.29. The smallest absolute Gasteiger partial charge is 0.403 e. The van der Waals surface area contributed by atoms with Gasteiger partial charge in [-0.05, 0) is 23.8 Å². The number of hydrogen-bond acceptors (Lipinski definition) is 6. The molecule has 1 amide bonds. The lowest BCUT2D eigenvalue weighted by molar-refractivity contribution is -0.275. The molecule has 0 saturated heterocycles. The van der Waals surface area contributed by atoms with Crippen LogP contribution in [-0.2, 0) is 11.8 Å². The Morgan fingerprint density at radius 2 is 2.00 bits per heavy atom. The average Bonchev–Trinajstić information content (AvgIpc) is 3.39. The highest BCUT2D eigenvalue weighted by Gasteiger charge is 2.32. The number of ether oxygens (including phenoxy) is 2. The maximum Gasteiger partial charge on any atom is 0.573 e. The summed E-state index contributed by atoms with van der Waals surface area (Å²) in [5, 5.41) is 10.9. The minimum Gasteiger partial charge on any atom is -0.403 e. The Morgan fingerprint density at radius 1 is 1.21 bits per heavy atom. The number of nitrogens with one attached hydrogen (secondary N) is 1. The van der Waals surface area contributed by atoms with Gasteiger partial charge in [0.05, 0.1) is 30.7 Å². The molecule has 9 nitrogen and oxygen atoms in total. The first-order valence-electron chi connectivity index (χ1n) is 9.83. The monoisotopic (exact) mass is 478 g/mol. The van der Waals surface area contributed by atoms with Gasteiger partial charge in [-0.3, -0.25) is 9.48 Å². The SMILES string of the molecule is COCC(NC(=O)c1cnn2ccc(-c3cnn(C)c3)nc12)c1ccc(OC(F)(F)F)c(F)c1. The maximum atomic E-state index is 14.2. The standard InChI is InChI=1S/C21H18F4N6O3/c1-30-10-13(8-26-30)16-5-6-31-19(28-16)14(9-27-31)20(32)29-17(11-33-2)12-3-4-18(15(22)7-12)34-21(23,24)25/h3-10,17H,11H2,1-2H3,(H,29,32). The van der Waals surface area contributed by atoms with Gasteiger partial charge in [-0.1, -0.05) is 6.07 Å². The minimum absolute atomic E-state index is 0.0712. The van der Waals surface area contributed by atoms with Gasteiger partial charge in [-0.2, -0.15) is 10.2 Å². The van der Waals surface area contributed by atoms with Crippen molar-refractivity contribution >= 4 is 11.6 Å². The Hall–Kier alpha value is -4.00. The van der Waals surface area contributed by atoms with Crippen LogP contribution in [0.2, 0.25) is 0 Å². The van der Waals surface area contributed by atoms with Crippen molar-refractivity contribution in [3.63, 3.8) is 0 Å². The summed E-state index contributed by atoms with van der Waals surface area (Å²) in [5.41, 5.74) is 1.92. The van der Waals surface area contributed by atoms with E-state index in [1.165, 1.54) is 23.9 Å². The summed E-state index contributed by atoms with van der Waals surface area (Å²) >= 11 is 0. The number of halogens is 4. The molecule has 3 heterocycles. The van der Waals surface area contributed by atoms with Crippen molar-refractivity contribution in [2.24, 2.45) is 7.05 Å². The van der Waals surface area contributed by atoms with Crippen molar-refractivity contribution in [2.45, 2.75) is 12.4 Å². The van der Waals surface area contributed by atoms with E-state index >= 15 is 0 Å². The number of nitrogens with zero attached hydrogens (tertiary/aromatic N) is 5. The quantitative estimate of drug-likeness (QED) is 0.410. The third-order valence-electron chi connectivity index (χ3n) is 4.84. The zero-order valence-corrected chi connectivity index (χ0v) is 17.9. The van der Waals surface area contributed by atoms with Gasteiger partial charge in [0.15, 0.2) is 17.2 Å². The summed E-state index contributed by atoms with van der Waals surface area (Å²) < 4.78 is 63.2. The molecule has 1 N–H and O–H groups in total. The molecule has 178 valence electrons.